The Morgan fingerprint density at radius 1 is 1.15 bits per heavy atom. The molecule has 1 saturated carbocycles. The summed E-state index contributed by atoms with van der Waals surface area (Å²) in [6.45, 7) is 13.1. The molecule has 8 heteroatoms. The molecule has 1 fully saturated rings. The highest BCUT2D eigenvalue weighted by molar-refractivity contribution is 6.76. The van der Waals surface area contributed by atoms with E-state index < -0.39 is 31.8 Å². The van der Waals surface area contributed by atoms with Gasteiger partial charge in [-0.2, -0.15) is 0 Å². The number of phenols is 1. The molecule has 3 aliphatic carbocycles. The third-order valence-corrected chi connectivity index (χ3v) is 7.94. The Kier molecular flexibility index (Phi) is 7.99. The van der Waals surface area contributed by atoms with Crippen molar-refractivity contribution in [2.75, 3.05) is 19.8 Å². The van der Waals surface area contributed by atoms with E-state index in [4.69, 9.17) is 14.3 Å². The van der Waals surface area contributed by atoms with E-state index in [9.17, 15) is 14.7 Å². The molecule has 0 spiro atoms. The zero-order valence-corrected chi connectivity index (χ0v) is 21.0. The van der Waals surface area contributed by atoms with Gasteiger partial charge in [-0.1, -0.05) is 50.4 Å². The van der Waals surface area contributed by atoms with E-state index in [1.807, 2.05) is 13.0 Å². The lowest BCUT2D eigenvalue weighted by Gasteiger charge is -2.47. The molecule has 1 N–H and O–H groups in total. The van der Waals surface area contributed by atoms with Crippen molar-refractivity contribution in [2.45, 2.75) is 57.3 Å². The molecule has 4 rings (SSSR count). The summed E-state index contributed by atoms with van der Waals surface area (Å²) in [4.78, 5) is 32.0. The lowest BCUT2D eigenvalue weighted by atomic mass is 9.55. The van der Waals surface area contributed by atoms with Gasteiger partial charge in [-0.3, -0.25) is 9.59 Å². The fraction of sp³-hybridized carbons (Fsp3) is 0.560. The summed E-state index contributed by atoms with van der Waals surface area (Å²) in [5.41, 5.74) is 2.40. The number of benzene rings is 1. The van der Waals surface area contributed by atoms with E-state index in [1.165, 1.54) is 0 Å². The van der Waals surface area contributed by atoms with Crippen LogP contribution in [-0.4, -0.2) is 50.7 Å². The zero-order chi connectivity index (χ0) is 24.2. The van der Waals surface area contributed by atoms with Gasteiger partial charge < -0.3 is 19.4 Å². The average Bonchev–Trinajstić information content (AvgIpc) is 2.76. The first kappa shape index (κ1) is 25.0. The van der Waals surface area contributed by atoms with Crippen molar-refractivity contribution in [2.24, 2.45) is 17.0 Å². The largest absolute Gasteiger partial charge is 0.508 e. The van der Waals surface area contributed by atoms with Gasteiger partial charge in [-0.15, -0.1) is 0 Å². The molecule has 1 aromatic carbocycles. The molecule has 0 aromatic heterocycles. The average molecular weight is 474 g/mol. The highest BCUT2D eigenvalue weighted by Crippen LogP contribution is 2.55. The molecule has 33 heavy (non-hydrogen) atoms. The standard InChI is InChI=1S/C25H35NO6Si/c1-6-10-30-25(29)23-21-18-14-16(27)8-9-17(18)19(15-20(21)26-32-11-7-2)22(23)24(28)31-12-13-33(3,4)5/h7-9,14,19,21-23,27H,2,6,10-13,15H2,1,3-5H3/b26-20+/t19?,21-,22-,23-/m1/s1. The Balaban J connectivity index is 2.01. The number of hydrogen-bond donors (Lipinski definition) is 1. The van der Waals surface area contributed by atoms with E-state index in [1.54, 1.807) is 18.2 Å². The van der Waals surface area contributed by atoms with Crippen molar-refractivity contribution in [3.63, 3.8) is 0 Å². The molecule has 1 aromatic rings. The van der Waals surface area contributed by atoms with E-state index >= 15 is 0 Å². The third-order valence-electron chi connectivity index (χ3n) is 6.24. The molecule has 1 unspecified atom stereocenters. The molecule has 0 radical (unpaired) electrons. The zero-order valence-electron chi connectivity index (χ0n) is 20.0. The second kappa shape index (κ2) is 10.5. The number of nitrogens with zero attached hydrogens (tertiary/aromatic N) is 1. The first-order valence-corrected chi connectivity index (χ1v) is 15.3. The number of rotatable bonds is 10. The molecule has 0 saturated heterocycles. The van der Waals surface area contributed by atoms with Crippen molar-refractivity contribution < 1.29 is 29.0 Å². The third kappa shape index (κ3) is 5.66. The van der Waals surface area contributed by atoms with Crippen LogP contribution in [0.1, 0.15) is 42.7 Å². The fourth-order valence-corrected chi connectivity index (χ4v) is 5.42. The lowest BCUT2D eigenvalue weighted by molar-refractivity contribution is -0.163. The summed E-state index contributed by atoms with van der Waals surface area (Å²) in [6, 6.07) is 5.96. The molecule has 180 valence electrons. The summed E-state index contributed by atoms with van der Waals surface area (Å²) in [6.07, 6.45) is 2.75. The van der Waals surface area contributed by atoms with Crippen LogP contribution in [0.25, 0.3) is 0 Å². The Hall–Kier alpha value is -2.61. The van der Waals surface area contributed by atoms with Crippen molar-refractivity contribution in [1.82, 2.24) is 0 Å². The van der Waals surface area contributed by atoms with Crippen LogP contribution in [0.3, 0.4) is 0 Å². The fourth-order valence-electron chi connectivity index (χ4n) is 4.70. The van der Waals surface area contributed by atoms with Crippen LogP contribution in [0.4, 0.5) is 0 Å². The Bertz CT molecular complexity index is 922. The maximum Gasteiger partial charge on any atom is 0.310 e. The van der Waals surface area contributed by atoms with Crippen molar-refractivity contribution in [1.29, 1.82) is 0 Å². The summed E-state index contributed by atoms with van der Waals surface area (Å²) < 4.78 is 11.2. The predicted octanol–water partition coefficient (Wildman–Crippen LogP) is 4.60. The van der Waals surface area contributed by atoms with E-state index in [0.717, 1.165) is 17.2 Å². The second-order valence-corrected chi connectivity index (χ2v) is 15.6. The minimum absolute atomic E-state index is 0.0996. The van der Waals surface area contributed by atoms with Gasteiger partial charge >= 0.3 is 11.9 Å². The van der Waals surface area contributed by atoms with E-state index in [0.29, 0.717) is 25.2 Å². The van der Waals surface area contributed by atoms with Crippen LogP contribution in [0, 0.1) is 11.8 Å². The molecule has 7 nitrogen and oxygen atoms in total. The number of ether oxygens (including phenoxy) is 2. The predicted molar refractivity (Wildman–Crippen MR) is 129 cm³/mol. The first-order chi connectivity index (χ1) is 15.7. The van der Waals surface area contributed by atoms with Gasteiger partial charge in [0.15, 0.2) is 0 Å². The Labute approximate surface area is 196 Å². The van der Waals surface area contributed by atoms with Crippen LogP contribution in [-0.2, 0) is 23.9 Å². The monoisotopic (exact) mass is 473 g/mol. The summed E-state index contributed by atoms with van der Waals surface area (Å²) in [7, 11) is -1.38. The molecule has 0 aliphatic heterocycles. The van der Waals surface area contributed by atoms with Crippen LogP contribution in [0.15, 0.2) is 36.0 Å². The van der Waals surface area contributed by atoms with Crippen molar-refractivity contribution in [3.05, 3.63) is 42.0 Å². The smallest absolute Gasteiger partial charge is 0.310 e. The molecule has 2 bridgehead atoms. The van der Waals surface area contributed by atoms with Gasteiger partial charge in [0.2, 0.25) is 0 Å². The minimum atomic E-state index is -1.38. The summed E-state index contributed by atoms with van der Waals surface area (Å²) >= 11 is 0. The summed E-state index contributed by atoms with van der Waals surface area (Å²) in [5, 5.41) is 14.5. The van der Waals surface area contributed by atoms with Crippen LogP contribution >= 0.6 is 0 Å². The van der Waals surface area contributed by atoms with Crippen LogP contribution in [0.5, 0.6) is 5.75 Å². The lowest BCUT2D eigenvalue weighted by Crippen LogP contribution is -2.51. The number of esters is 2. The van der Waals surface area contributed by atoms with Crippen LogP contribution in [0.2, 0.25) is 25.7 Å². The van der Waals surface area contributed by atoms with Crippen molar-refractivity contribution >= 4 is 25.7 Å². The maximum absolute atomic E-state index is 13.4. The topological polar surface area (TPSA) is 94.4 Å². The van der Waals surface area contributed by atoms with Gasteiger partial charge in [0.1, 0.15) is 12.4 Å². The molecule has 0 amide bonds. The van der Waals surface area contributed by atoms with Gasteiger partial charge in [0.25, 0.3) is 0 Å². The molecular formula is C25H35NO6Si. The normalized spacial score (nSPS) is 24.8. The SMILES string of the molecule is C=CCO/N=C1\CC2c3ccc(O)cc3[C@H]1[C@@H](C(=O)OCCC)[C@@H]2C(=O)OCC[Si](C)(C)C. The van der Waals surface area contributed by atoms with Gasteiger partial charge in [0.05, 0.1) is 30.8 Å². The minimum Gasteiger partial charge on any atom is -0.508 e. The highest BCUT2D eigenvalue weighted by Gasteiger charge is 2.57. The van der Waals surface area contributed by atoms with Crippen molar-refractivity contribution in [3.8, 4) is 5.75 Å². The molecular weight excluding hydrogens is 438 g/mol. The van der Waals surface area contributed by atoms with E-state index in [2.05, 4.69) is 31.4 Å². The number of carbonyl (C=O) groups excluding carboxylic acids is 2. The van der Waals surface area contributed by atoms with Gasteiger partial charge in [-0.05, 0) is 42.1 Å². The molecule has 0 heterocycles. The second-order valence-electron chi connectivity index (χ2n) is 9.97. The van der Waals surface area contributed by atoms with E-state index in [-0.39, 0.29) is 30.9 Å². The molecule has 4 atom stereocenters. The highest BCUT2D eigenvalue weighted by atomic mass is 28.3. The summed E-state index contributed by atoms with van der Waals surface area (Å²) in [5.74, 6) is -3.00. The number of aromatic hydroxyl groups is 1. The Morgan fingerprint density at radius 2 is 1.85 bits per heavy atom. The number of hydrogen-bond acceptors (Lipinski definition) is 7. The quantitative estimate of drug-likeness (QED) is 0.175. The number of oxime groups is 1. The van der Waals surface area contributed by atoms with Gasteiger partial charge in [0, 0.05) is 19.9 Å². The number of fused-ring (bicyclic) bond motifs is 2. The number of carbonyl (C=O) groups is 2. The van der Waals surface area contributed by atoms with Gasteiger partial charge in [-0.25, -0.2) is 0 Å². The maximum atomic E-state index is 13.4. The first-order valence-electron chi connectivity index (χ1n) is 11.6. The Morgan fingerprint density at radius 3 is 2.52 bits per heavy atom. The number of phenolic OH excluding ortho intramolecular Hbond substituents is 1. The van der Waals surface area contributed by atoms with Crippen LogP contribution < -0.4 is 0 Å². The molecule has 3 aliphatic rings.